The highest BCUT2D eigenvalue weighted by molar-refractivity contribution is 5.85. The van der Waals surface area contributed by atoms with Gasteiger partial charge in [-0.15, -0.1) is 24.8 Å². The van der Waals surface area contributed by atoms with Crippen LogP contribution in [0, 0.1) is 5.92 Å². The number of rotatable bonds is 6. The van der Waals surface area contributed by atoms with E-state index in [1.54, 1.807) is 12.1 Å². The zero-order valence-electron chi connectivity index (χ0n) is 12.9. The van der Waals surface area contributed by atoms with Gasteiger partial charge in [-0.25, -0.2) is 0 Å². The van der Waals surface area contributed by atoms with Crippen LogP contribution in [0.25, 0.3) is 0 Å². The van der Waals surface area contributed by atoms with Gasteiger partial charge in [-0.2, -0.15) is 8.78 Å². The monoisotopic (exact) mass is 368 g/mol. The van der Waals surface area contributed by atoms with Crippen molar-refractivity contribution in [1.29, 1.82) is 0 Å². The lowest BCUT2D eigenvalue weighted by Crippen LogP contribution is -2.45. The van der Waals surface area contributed by atoms with E-state index in [4.69, 9.17) is 4.74 Å². The SMILES string of the molecule is Cl.Cl.FC(F)Oc1ccccc1[C@H](CC1CC1)N1CCNCC1. The fourth-order valence-corrected chi connectivity index (χ4v) is 3.09. The van der Waals surface area contributed by atoms with Crippen molar-refractivity contribution < 1.29 is 13.5 Å². The minimum Gasteiger partial charge on any atom is -0.434 e. The average molecular weight is 369 g/mol. The molecule has 1 aliphatic carbocycles. The Bertz CT molecular complexity index is 469. The van der Waals surface area contributed by atoms with E-state index >= 15 is 0 Å². The largest absolute Gasteiger partial charge is 0.434 e. The summed E-state index contributed by atoms with van der Waals surface area (Å²) in [5.41, 5.74) is 0.909. The van der Waals surface area contributed by atoms with Crippen LogP contribution < -0.4 is 10.1 Å². The van der Waals surface area contributed by atoms with Crippen molar-refractivity contribution in [2.45, 2.75) is 31.9 Å². The van der Waals surface area contributed by atoms with Gasteiger partial charge in [0.25, 0.3) is 0 Å². The van der Waals surface area contributed by atoms with E-state index in [0.29, 0.717) is 5.75 Å². The second-order valence-corrected chi connectivity index (χ2v) is 5.90. The number of nitrogens with one attached hydrogen (secondary N) is 1. The summed E-state index contributed by atoms with van der Waals surface area (Å²) in [6, 6.07) is 7.45. The van der Waals surface area contributed by atoms with Gasteiger partial charge in [-0.3, -0.25) is 4.90 Å². The van der Waals surface area contributed by atoms with Crippen LogP contribution in [0.15, 0.2) is 24.3 Å². The Hall–Kier alpha value is -0.620. The molecule has 0 bridgehead atoms. The van der Waals surface area contributed by atoms with Gasteiger partial charge in [0.05, 0.1) is 0 Å². The van der Waals surface area contributed by atoms with Gasteiger partial charge in [0.1, 0.15) is 5.75 Å². The van der Waals surface area contributed by atoms with Crippen molar-refractivity contribution in [1.82, 2.24) is 10.2 Å². The molecule has 23 heavy (non-hydrogen) atoms. The number of hydrogen-bond acceptors (Lipinski definition) is 3. The molecule has 132 valence electrons. The Balaban J connectivity index is 0.00000132. The number of ether oxygens (including phenoxy) is 1. The summed E-state index contributed by atoms with van der Waals surface area (Å²) in [6.07, 6.45) is 3.57. The fraction of sp³-hybridized carbons (Fsp3) is 0.625. The molecule has 2 aliphatic rings. The van der Waals surface area contributed by atoms with Gasteiger partial charge in [0, 0.05) is 37.8 Å². The Morgan fingerprint density at radius 2 is 1.78 bits per heavy atom. The summed E-state index contributed by atoms with van der Waals surface area (Å²) < 4.78 is 30.0. The number of para-hydroxylation sites is 1. The minimum atomic E-state index is -2.77. The molecular weight excluding hydrogens is 345 g/mol. The van der Waals surface area contributed by atoms with Gasteiger partial charge in [-0.05, 0) is 18.4 Å². The predicted molar refractivity (Wildman–Crippen MR) is 92.1 cm³/mol. The molecule has 0 spiro atoms. The molecule has 1 aliphatic heterocycles. The molecule has 1 saturated carbocycles. The topological polar surface area (TPSA) is 24.5 Å². The van der Waals surface area contributed by atoms with Crippen LogP contribution in [0.4, 0.5) is 8.78 Å². The lowest BCUT2D eigenvalue weighted by molar-refractivity contribution is -0.0513. The Kier molecular flexibility index (Phi) is 8.54. The number of hydrogen-bond donors (Lipinski definition) is 1. The number of nitrogens with zero attached hydrogens (tertiary/aromatic N) is 1. The van der Waals surface area contributed by atoms with Crippen molar-refractivity contribution in [2.75, 3.05) is 26.2 Å². The van der Waals surface area contributed by atoms with Gasteiger partial charge in [0.2, 0.25) is 0 Å². The third kappa shape index (κ3) is 5.75. The van der Waals surface area contributed by atoms with E-state index < -0.39 is 6.61 Å². The molecule has 2 fully saturated rings. The van der Waals surface area contributed by atoms with E-state index in [1.807, 2.05) is 12.1 Å². The molecular formula is C16H24Cl2F2N2O. The van der Waals surface area contributed by atoms with E-state index in [1.165, 1.54) is 12.8 Å². The maximum Gasteiger partial charge on any atom is 0.387 e. The zero-order chi connectivity index (χ0) is 14.7. The Morgan fingerprint density at radius 3 is 2.39 bits per heavy atom. The lowest BCUT2D eigenvalue weighted by Gasteiger charge is -2.36. The smallest absolute Gasteiger partial charge is 0.387 e. The molecule has 1 heterocycles. The van der Waals surface area contributed by atoms with Gasteiger partial charge >= 0.3 is 6.61 Å². The highest BCUT2D eigenvalue weighted by Gasteiger charge is 2.32. The quantitative estimate of drug-likeness (QED) is 0.824. The fourth-order valence-electron chi connectivity index (χ4n) is 3.09. The van der Waals surface area contributed by atoms with Gasteiger partial charge in [0.15, 0.2) is 0 Å². The number of alkyl halides is 2. The van der Waals surface area contributed by atoms with Crippen LogP contribution in [-0.4, -0.2) is 37.7 Å². The summed E-state index contributed by atoms with van der Waals surface area (Å²) in [6.45, 7) is 1.06. The van der Waals surface area contributed by atoms with E-state index in [9.17, 15) is 8.78 Å². The molecule has 0 radical (unpaired) electrons. The summed E-state index contributed by atoms with van der Waals surface area (Å²) in [7, 11) is 0. The maximum atomic E-state index is 12.6. The van der Waals surface area contributed by atoms with Crippen LogP contribution in [-0.2, 0) is 0 Å². The standard InChI is InChI=1S/C16H22F2N2O.2ClH/c17-16(18)21-15-4-2-1-3-13(15)14(11-12-5-6-12)20-9-7-19-8-10-20;;/h1-4,12,14,16,19H,5-11H2;2*1H/t14-;;/m0../s1. The lowest BCUT2D eigenvalue weighted by atomic mass is 9.97. The summed E-state index contributed by atoms with van der Waals surface area (Å²) in [4.78, 5) is 2.41. The molecule has 3 rings (SSSR count). The third-order valence-electron chi connectivity index (χ3n) is 4.34. The number of piperazine rings is 1. The molecule has 1 N–H and O–H groups in total. The Labute approximate surface area is 148 Å². The first-order valence-corrected chi connectivity index (χ1v) is 7.72. The highest BCUT2D eigenvalue weighted by Crippen LogP contribution is 2.42. The van der Waals surface area contributed by atoms with Crippen LogP contribution in [0.3, 0.4) is 0 Å². The summed E-state index contributed by atoms with van der Waals surface area (Å²) in [5.74, 6) is 1.07. The number of benzene rings is 1. The van der Waals surface area contributed by atoms with Crippen LogP contribution in [0.1, 0.15) is 30.9 Å². The molecule has 1 aromatic rings. The first kappa shape index (κ1) is 20.4. The first-order valence-electron chi connectivity index (χ1n) is 7.72. The molecule has 1 aromatic carbocycles. The second-order valence-electron chi connectivity index (χ2n) is 5.90. The second kappa shape index (κ2) is 9.62. The van der Waals surface area contributed by atoms with E-state index in [2.05, 4.69) is 10.2 Å². The third-order valence-corrected chi connectivity index (χ3v) is 4.34. The normalized spacial score (nSPS) is 19.6. The zero-order valence-corrected chi connectivity index (χ0v) is 14.6. The predicted octanol–water partition coefficient (Wildman–Crippen LogP) is 3.88. The average Bonchev–Trinajstić information content (AvgIpc) is 3.30. The van der Waals surface area contributed by atoms with Crippen LogP contribution in [0.5, 0.6) is 5.75 Å². The van der Waals surface area contributed by atoms with Crippen molar-refractivity contribution >= 4 is 24.8 Å². The van der Waals surface area contributed by atoms with E-state index in [0.717, 1.165) is 44.1 Å². The molecule has 0 aromatic heterocycles. The maximum absolute atomic E-state index is 12.6. The van der Waals surface area contributed by atoms with Crippen molar-refractivity contribution in [3.63, 3.8) is 0 Å². The van der Waals surface area contributed by atoms with Crippen molar-refractivity contribution in [3.05, 3.63) is 29.8 Å². The molecule has 1 saturated heterocycles. The molecule has 0 unspecified atom stereocenters. The molecule has 3 nitrogen and oxygen atoms in total. The van der Waals surface area contributed by atoms with Crippen molar-refractivity contribution in [3.8, 4) is 5.75 Å². The molecule has 0 amide bonds. The highest BCUT2D eigenvalue weighted by atomic mass is 35.5. The van der Waals surface area contributed by atoms with E-state index in [-0.39, 0.29) is 30.9 Å². The number of halogens is 4. The van der Waals surface area contributed by atoms with Gasteiger partial charge in [-0.1, -0.05) is 31.0 Å². The van der Waals surface area contributed by atoms with Crippen LogP contribution >= 0.6 is 24.8 Å². The van der Waals surface area contributed by atoms with Gasteiger partial charge < -0.3 is 10.1 Å². The first-order chi connectivity index (χ1) is 10.2. The Morgan fingerprint density at radius 1 is 1.13 bits per heavy atom. The van der Waals surface area contributed by atoms with Crippen molar-refractivity contribution in [2.24, 2.45) is 5.92 Å². The molecule has 1 atom stereocenters. The summed E-state index contributed by atoms with van der Waals surface area (Å²) >= 11 is 0. The minimum absolute atomic E-state index is 0. The van der Waals surface area contributed by atoms with Crippen LogP contribution in [0.2, 0.25) is 0 Å². The summed E-state index contributed by atoms with van der Waals surface area (Å²) in [5, 5.41) is 3.34. The molecule has 7 heteroatoms.